The lowest BCUT2D eigenvalue weighted by Gasteiger charge is -2.29. The summed E-state index contributed by atoms with van der Waals surface area (Å²) in [6, 6.07) is 0. The fraction of sp³-hybridized carbons (Fsp3) is 0.800. The summed E-state index contributed by atoms with van der Waals surface area (Å²) in [5.74, 6) is -0.520. The summed E-state index contributed by atoms with van der Waals surface area (Å²) in [7, 11) is 0.510. The zero-order chi connectivity index (χ0) is 17.1. The number of carbonyl (C=O) groups is 1. The quantitative estimate of drug-likeness (QED) is 0.183. The fourth-order valence-electron chi connectivity index (χ4n) is 2.16. The predicted molar refractivity (Wildman–Crippen MR) is 87.1 cm³/mol. The van der Waals surface area contributed by atoms with Crippen LogP contribution in [0.5, 0.6) is 0 Å². The number of hydrogen-bond acceptors (Lipinski definition) is 4. The van der Waals surface area contributed by atoms with E-state index in [0.717, 1.165) is 49.7 Å². The van der Waals surface area contributed by atoms with Crippen molar-refractivity contribution in [2.45, 2.75) is 38.5 Å². The van der Waals surface area contributed by atoms with Crippen LogP contribution < -0.4 is 0 Å². The molecule has 0 aliphatic rings. The predicted octanol–water partition coefficient (Wildman–Crippen LogP) is 2.02. The van der Waals surface area contributed by atoms with Crippen molar-refractivity contribution in [3.63, 3.8) is 0 Å². The van der Waals surface area contributed by atoms with E-state index >= 15 is 0 Å². The molecule has 0 saturated carbocycles. The number of nitrogens with zero attached hydrogens (tertiary/aromatic N) is 1. The van der Waals surface area contributed by atoms with Gasteiger partial charge >= 0.3 is 5.97 Å². The molecular formula is C15H30NO5S+. The zero-order valence-electron chi connectivity index (χ0n) is 13.8. The summed E-state index contributed by atoms with van der Waals surface area (Å²) in [4.78, 5) is 10.9. The highest BCUT2D eigenvalue weighted by molar-refractivity contribution is 7.85. The average molecular weight is 336 g/mol. The first-order chi connectivity index (χ1) is 10.2. The first-order valence-corrected chi connectivity index (χ1v) is 9.33. The topological polar surface area (TPSA) is 80.7 Å². The Morgan fingerprint density at radius 1 is 1.09 bits per heavy atom. The van der Waals surface area contributed by atoms with Crippen molar-refractivity contribution < 1.29 is 27.0 Å². The molecule has 7 heteroatoms. The number of esters is 1. The van der Waals surface area contributed by atoms with Gasteiger partial charge in [0.25, 0.3) is 10.1 Å². The minimum atomic E-state index is -3.81. The largest absolute Gasteiger partial charge is 0.463 e. The van der Waals surface area contributed by atoms with Crippen LogP contribution in [0.25, 0.3) is 0 Å². The van der Waals surface area contributed by atoms with Gasteiger partial charge in [0, 0.05) is 6.08 Å². The van der Waals surface area contributed by atoms with Crippen LogP contribution in [0.4, 0.5) is 0 Å². The van der Waals surface area contributed by atoms with E-state index in [1.807, 2.05) is 0 Å². The highest BCUT2D eigenvalue weighted by Gasteiger charge is 2.14. The standard InChI is InChI=1S/C15H29NO5S/c1-4-15(17)21-13-9-8-12-16(2,3)11-7-5-6-10-14-22(18,19)20/h4H,1,5-14H2,2-3H3/p+1. The minimum absolute atomic E-state index is 0.144. The molecule has 0 bridgehead atoms. The third kappa shape index (κ3) is 14.0. The number of ether oxygens (including phenoxy) is 1. The van der Waals surface area contributed by atoms with E-state index in [2.05, 4.69) is 20.7 Å². The number of unbranched alkanes of at least 4 members (excludes halogenated alkanes) is 4. The van der Waals surface area contributed by atoms with Crippen LogP contribution >= 0.6 is 0 Å². The lowest BCUT2D eigenvalue weighted by atomic mass is 10.2. The molecule has 0 spiro atoms. The molecular weight excluding hydrogens is 306 g/mol. The lowest BCUT2D eigenvalue weighted by Crippen LogP contribution is -2.41. The number of rotatable bonds is 13. The molecule has 0 aromatic heterocycles. The SMILES string of the molecule is C=CC(=O)OCCCC[N+](C)(C)CCCCCCS(=O)(=O)O. The second-order valence-corrected chi connectivity index (χ2v) is 7.73. The first-order valence-electron chi connectivity index (χ1n) is 7.73. The molecule has 0 radical (unpaired) electrons. The van der Waals surface area contributed by atoms with Gasteiger partial charge in [-0.1, -0.05) is 13.0 Å². The van der Waals surface area contributed by atoms with Crippen molar-refractivity contribution in [2.75, 3.05) is 39.5 Å². The minimum Gasteiger partial charge on any atom is -0.463 e. The molecule has 22 heavy (non-hydrogen) atoms. The second kappa shape index (κ2) is 10.7. The number of hydrogen-bond donors (Lipinski definition) is 1. The maximum atomic E-state index is 10.9. The number of quaternary nitrogens is 1. The summed E-state index contributed by atoms with van der Waals surface area (Å²) >= 11 is 0. The fourth-order valence-corrected chi connectivity index (χ4v) is 2.73. The van der Waals surface area contributed by atoms with Crippen molar-refractivity contribution in [2.24, 2.45) is 0 Å². The highest BCUT2D eigenvalue weighted by atomic mass is 32.2. The number of carbonyl (C=O) groups excluding carboxylic acids is 1. The summed E-state index contributed by atoms with van der Waals surface area (Å²) in [5, 5.41) is 0. The van der Waals surface area contributed by atoms with Crippen molar-refractivity contribution in [3.8, 4) is 0 Å². The van der Waals surface area contributed by atoms with E-state index < -0.39 is 10.1 Å². The van der Waals surface area contributed by atoms with E-state index in [1.165, 1.54) is 6.08 Å². The Balaban J connectivity index is 3.60. The van der Waals surface area contributed by atoms with Crippen molar-refractivity contribution >= 4 is 16.1 Å². The first kappa shape index (κ1) is 21.1. The van der Waals surface area contributed by atoms with Gasteiger partial charge in [-0.2, -0.15) is 8.42 Å². The van der Waals surface area contributed by atoms with Gasteiger partial charge in [-0.3, -0.25) is 4.55 Å². The summed E-state index contributed by atoms with van der Waals surface area (Å²) in [5.41, 5.74) is 0. The van der Waals surface area contributed by atoms with Gasteiger partial charge in [-0.05, 0) is 32.1 Å². The van der Waals surface area contributed by atoms with Gasteiger partial charge in [0.15, 0.2) is 0 Å². The summed E-state index contributed by atoms with van der Waals surface area (Å²) in [6.07, 6.45) is 6.33. The smallest absolute Gasteiger partial charge is 0.330 e. The monoisotopic (exact) mass is 336 g/mol. The average Bonchev–Trinajstić information content (AvgIpc) is 2.40. The summed E-state index contributed by atoms with van der Waals surface area (Å²) in [6.45, 7) is 5.81. The maximum Gasteiger partial charge on any atom is 0.330 e. The van der Waals surface area contributed by atoms with Crippen LogP contribution in [-0.4, -0.2) is 63.0 Å². The van der Waals surface area contributed by atoms with E-state index in [0.29, 0.717) is 13.0 Å². The molecule has 0 unspecified atom stereocenters. The van der Waals surface area contributed by atoms with E-state index in [4.69, 9.17) is 9.29 Å². The molecule has 0 heterocycles. The van der Waals surface area contributed by atoms with Crippen LogP contribution in [0, 0.1) is 0 Å². The van der Waals surface area contributed by atoms with E-state index in [-0.39, 0.29) is 11.7 Å². The molecule has 0 aromatic carbocycles. The van der Waals surface area contributed by atoms with Gasteiger partial charge in [0.05, 0.1) is 39.5 Å². The van der Waals surface area contributed by atoms with E-state index in [9.17, 15) is 13.2 Å². The normalized spacial score (nSPS) is 12.1. The van der Waals surface area contributed by atoms with Gasteiger partial charge in [-0.25, -0.2) is 4.79 Å². The Morgan fingerprint density at radius 2 is 1.64 bits per heavy atom. The van der Waals surface area contributed by atoms with Gasteiger partial charge < -0.3 is 9.22 Å². The van der Waals surface area contributed by atoms with Crippen molar-refractivity contribution in [1.29, 1.82) is 0 Å². The van der Waals surface area contributed by atoms with Crippen LogP contribution in [0.2, 0.25) is 0 Å². The Hall–Kier alpha value is -0.920. The molecule has 0 saturated heterocycles. The molecule has 0 atom stereocenters. The Labute approximate surface area is 134 Å². The van der Waals surface area contributed by atoms with Gasteiger partial charge in [-0.15, -0.1) is 0 Å². The lowest BCUT2D eigenvalue weighted by molar-refractivity contribution is -0.890. The molecule has 0 aliphatic heterocycles. The van der Waals surface area contributed by atoms with Crippen LogP contribution in [0.1, 0.15) is 38.5 Å². The maximum absolute atomic E-state index is 10.9. The van der Waals surface area contributed by atoms with E-state index in [1.54, 1.807) is 0 Å². The third-order valence-electron chi connectivity index (χ3n) is 3.48. The van der Waals surface area contributed by atoms with Gasteiger partial charge in [0.1, 0.15) is 0 Å². The van der Waals surface area contributed by atoms with Crippen LogP contribution in [0.3, 0.4) is 0 Å². The third-order valence-corrected chi connectivity index (χ3v) is 4.29. The molecule has 0 rings (SSSR count). The Kier molecular flexibility index (Phi) is 10.3. The molecule has 130 valence electrons. The molecule has 0 aromatic rings. The molecule has 6 nitrogen and oxygen atoms in total. The van der Waals surface area contributed by atoms with Crippen molar-refractivity contribution in [1.82, 2.24) is 0 Å². The Morgan fingerprint density at radius 3 is 2.18 bits per heavy atom. The molecule has 0 fully saturated rings. The van der Waals surface area contributed by atoms with Crippen LogP contribution in [0.15, 0.2) is 12.7 Å². The molecule has 0 amide bonds. The second-order valence-electron chi connectivity index (χ2n) is 6.16. The zero-order valence-corrected chi connectivity index (χ0v) is 14.6. The van der Waals surface area contributed by atoms with Crippen molar-refractivity contribution in [3.05, 3.63) is 12.7 Å². The Bertz CT molecular complexity index is 431. The van der Waals surface area contributed by atoms with Crippen LogP contribution in [-0.2, 0) is 19.6 Å². The van der Waals surface area contributed by atoms with Gasteiger partial charge in [0.2, 0.25) is 0 Å². The highest BCUT2D eigenvalue weighted by Crippen LogP contribution is 2.08. The molecule has 1 N–H and O–H groups in total. The summed E-state index contributed by atoms with van der Waals surface area (Å²) < 4.78 is 35.6. The molecule has 0 aliphatic carbocycles.